The molecule has 1 aliphatic carbocycles. The van der Waals surface area contributed by atoms with Gasteiger partial charge in [-0.1, -0.05) is 36.4 Å². The van der Waals surface area contributed by atoms with Gasteiger partial charge in [0.2, 0.25) is 0 Å². The van der Waals surface area contributed by atoms with Crippen molar-refractivity contribution in [1.82, 2.24) is 0 Å². The Balaban J connectivity index is 2.00. The van der Waals surface area contributed by atoms with Gasteiger partial charge in [0.05, 0.1) is 10.1 Å². The molecule has 2 aromatic rings. The molecule has 0 aliphatic heterocycles. The number of aryl methyl sites for hydroxylation is 1. The van der Waals surface area contributed by atoms with Gasteiger partial charge in [0.1, 0.15) is 5.82 Å². The molecule has 1 nitrogen and oxygen atoms in total. The van der Waals surface area contributed by atoms with E-state index in [0.717, 1.165) is 24.0 Å². The maximum Gasteiger partial charge on any atom is 0.137 e. The van der Waals surface area contributed by atoms with Gasteiger partial charge in [0, 0.05) is 6.42 Å². The summed E-state index contributed by atoms with van der Waals surface area (Å²) in [5.41, 5.74) is 2.10. The number of aliphatic hydroxyl groups is 1. The molecule has 0 aromatic heterocycles. The van der Waals surface area contributed by atoms with Crippen molar-refractivity contribution in [2.75, 3.05) is 0 Å². The van der Waals surface area contributed by atoms with Crippen LogP contribution < -0.4 is 0 Å². The van der Waals surface area contributed by atoms with Crippen LogP contribution in [0.5, 0.6) is 0 Å². The largest absolute Gasteiger partial charge is 0.385 e. The quantitative estimate of drug-likeness (QED) is 0.865. The van der Waals surface area contributed by atoms with Crippen LogP contribution in [0.25, 0.3) is 0 Å². The third-order valence-corrected chi connectivity index (χ3v) is 4.96. The zero-order valence-electron chi connectivity index (χ0n) is 11.1. The molecule has 1 N–H and O–H groups in total. The first-order valence-electron chi connectivity index (χ1n) is 6.84. The molecular weight excluding hydrogens is 319 g/mol. The molecular formula is C17H16BrFO. The molecule has 2 aromatic carbocycles. The van der Waals surface area contributed by atoms with E-state index in [1.54, 1.807) is 6.07 Å². The monoisotopic (exact) mass is 334 g/mol. The highest BCUT2D eigenvalue weighted by molar-refractivity contribution is 9.10. The van der Waals surface area contributed by atoms with E-state index in [0.29, 0.717) is 17.3 Å². The fraction of sp³-hybridized carbons (Fsp3) is 0.294. The lowest BCUT2D eigenvalue weighted by molar-refractivity contribution is 0.0188. The van der Waals surface area contributed by atoms with Crippen LogP contribution >= 0.6 is 15.9 Å². The van der Waals surface area contributed by atoms with Crippen molar-refractivity contribution in [3.63, 3.8) is 0 Å². The molecule has 0 spiro atoms. The zero-order valence-corrected chi connectivity index (χ0v) is 12.7. The Morgan fingerprint density at radius 2 is 1.95 bits per heavy atom. The van der Waals surface area contributed by atoms with Gasteiger partial charge in [-0.25, -0.2) is 4.39 Å². The first kappa shape index (κ1) is 13.8. The molecule has 3 rings (SSSR count). The minimum absolute atomic E-state index is 0.282. The second-order valence-corrected chi connectivity index (χ2v) is 6.23. The smallest absolute Gasteiger partial charge is 0.137 e. The second-order valence-electron chi connectivity index (χ2n) is 5.43. The first-order valence-corrected chi connectivity index (χ1v) is 7.63. The number of rotatable bonds is 2. The van der Waals surface area contributed by atoms with Crippen LogP contribution in [0, 0.1) is 5.82 Å². The van der Waals surface area contributed by atoms with E-state index in [1.165, 1.54) is 11.6 Å². The lowest BCUT2D eigenvalue weighted by Crippen LogP contribution is -2.33. The topological polar surface area (TPSA) is 20.2 Å². The van der Waals surface area contributed by atoms with Crippen molar-refractivity contribution < 1.29 is 9.50 Å². The van der Waals surface area contributed by atoms with Gasteiger partial charge in [0.25, 0.3) is 0 Å². The maximum absolute atomic E-state index is 13.6. The maximum atomic E-state index is 13.6. The van der Waals surface area contributed by atoms with E-state index < -0.39 is 5.60 Å². The fourth-order valence-electron chi connectivity index (χ4n) is 3.08. The normalized spacial score (nSPS) is 21.6. The van der Waals surface area contributed by atoms with Crippen LogP contribution in [0.1, 0.15) is 29.5 Å². The Kier molecular flexibility index (Phi) is 3.65. The Hall–Kier alpha value is -1.19. The summed E-state index contributed by atoms with van der Waals surface area (Å²) in [6.45, 7) is 0. The summed E-state index contributed by atoms with van der Waals surface area (Å²) in [6, 6.07) is 13.0. The third kappa shape index (κ3) is 2.40. The Bertz CT molecular complexity index is 641. The van der Waals surface area contributed by atoms with Gasteiger partial charge >= 0.3 is 0 Å². The number of hydrogen-bond acceptors (Lipinski definition) is 1. The van der Waals surface area contributed by atoms with E-state index in [-0.39, 0.29) is 5.82 Å². The van der Waals surface area contributed by atoms with Crippen molar-refractivity contribution in [1.29, 1.82) is 0 Å². The van der Waals surface area contributed by atoms with Crippen LogP contribution in [0.4, 0.5) is 4.39 Å². The number of benzene rings is 2. The number of halogens is 2. The second kappa shape index (κ2) is 5.30. The molecule has 104 valence electrons. The van der Waals surface area contributed by atoms with E-state index in [9.17, 15) is 9.50 Å². The van der Waals surface area contributed by atoms with Crippen molar-refractivity contribution in [3.8, 4) is 0 Å². The van der Waals surface area contributed by atoms with E-state index >= 15 is 0 Å². The summed E-state index contributed by atoms with van der Waals surface area (Å²) in [4.78, 5) is 0. The lowest BCUT2D eigenvalue weighted by Gasteiger charge is -2.35. The molecule has 1 atom stereocenters. The predicted molar refractivity (Wildman–Crippen MR) is 81.1 cm³/mol. The predicted octanol–water partition coefficient (Wildman–Crippen LogP) is 4.35. The minimum Gasteiger partial charge on any atom is -0.385 e. The van der Waals surface area contributed by atoms with Gasteiger partial charge in [-0.05, 0) is 57.9 Å². The molecule has 1 unspecified atom stereocenters. The van der Waals surface area contributed by atoms with E-state index in [4.69, 9.17) is 0 Å². The molecule has 3 heteroatoms. The zero-order chi connectivity index (χ0) is 14.2. The highest BCUT2D eigenvalue weighted by atomic mass is 79.9. The van der Waals surface area contributed by atoms with Crippen LogP contribution in [-0.2, 0) is 18.4 Å². The number of hydrogen-bond donors (Lipinski definition) is 1. The van der Waals surface area contributed by atoms with Crippen molar-refractivity contribution in [3.05, 3.63) is 69.4 Å². The van der Waals surface area contributed by atoms with Gasteiger partial charge in [-0.2, -0.15) is 0 Å². The van der Waals surface area contributed by atoms with Gasteiger partial charge in [-0.15, -0.1) is 0 Å². The Morgan fingerprint density at radius 3 is 2.80 bits per heavy atom. The molecule has 0 bridgehead atoms. The van der Waals surface area contributed by atoms with Crippen LogP contribution in [0.15, 0.2) is 46.9 Å². The van der Waals surface area contributed by atoms with Gasteiger partial charge in [-0.3, -0.25) is 0 Å². The molecule has 0 saturated carbocycles. The standard InChI is InChI=1S/C17H16BrFO/c18-16-13(6-3-9-15(16)19)11-17(20)10-4-7-12-5-1-2-8-14(12)17/h1-3,5-6,8-9,20H,4,7,10-11H2. The molecule has 0 radical (unpaired) electrons. The third-order valence-electron chi connectivity index (χ3n) is 4.07. The Labute approximate surface area is 126 Å². The van der Waals surface area contributed by atoms with E-state index in [1.807, 2.05) is 24.3 Å². The number of fused-ring (bicyclic) bond motifs is 1. The summed E-state index contributed by atoms with van der Waals surface area (Å²) in [6.07, 6.45) is 3.11. The van der Waals surface area contributed by atoms with E-state index in [2.05, 4.69) is 22.0 Å². The van der Waals surface area contributed by atoms with Crippen LogP contribution in [0.2, 0.25) is 0 Å². The average Bonchev–Trinajstić information content (AvgIpc) is 2.44. The van der Waals surface area contributed by atoms with Gasteiger partial charge < -0.3 is 5.11 Å². The van der Waals surface area contributed by atoms with Crippen molar-refractivity contribution in [2.45, 2.75) is 31.3 Å². The summed E-state index contributed by atoms with van der Waals surface area (Å²) in [5, 5.41) is 11.0. The van der Waals surface area contributed by atoms with Crippen molar-refractivity contribution >= 4 is 15.9 Å². The molecule has 0 saturated heterocycles. The fourth-order valence-corrected chi connectivity index (χ4v) is 3.49. The highest BCUT2D eigenvalue weighted by Crippen LogP contribution is 2.39. The summed E-state index contributed by atoms with van der Waals surface area (Å²) >= 11 is 3.29. The average molecular weight is 335 g/mol. The SMILES string of the molecule is OC1(Cc2cccc(F)c2Br)CCCc2ccccc21. The minimum atomic E-state index is -0.898. The lowest BCUT2D eigenvalue weighted by atomic mass is 9.76. The molecule has 0 amide bonds. The van der Waals surface area contributed by atoms with Crippen molar-refractivity contribution in [2.24, 2.45) is 0 Å². The van der Waals surface area contributed by atoms with Crippen LogP contribution in [0.3, 0.4) is 0 Å². The summed E-state index contributed by atoms with van der Waals surface area (Å²) in [5.74, 6) is -0.282. The highest BCUT2D eigenvalue weighted by Gasteiger charge is 2.34. The Morgan fingerprint density at radius 1 is 1.15 bits per heavy atom. The molecule has 0 fully saturated rings. The molecule has 0 heterocycles. The van der Waals surface area contributed by atoms with Gasteiger partial charge in [0.15, 0.2) is 0 Å². The summed E-state index contributed by atoms with van der Waals surface area (Å²) in [7, 11) is 0. The van der Waals surface area contributed by atoms with Crippen LogP contribution in [-0.4, -0.2) is 5.11 Å². The first-order chi connectivity index (χ1) is 9.60. The summed E-state index contributed by atoms with van der Waals surface area (Å²) < 4.78 is 14.1. The molecule has 20 heavy (non-hydrogen) atoms. The molecule has 1 aliphatic rings.